The van der Waals surface area contributed by atoms with E-state index in [0.29, 0.717) is 29.1 Å². The summed E-state index contributed by atoms with van der Waals surface area (Å²) in [6.45, 7) is 4.28. The number of hydrogen-bond donors (Lipinski definition) is 1. The summed E-state index contributed by atoms with van der Waals surface area (Å²) in [5, 5.41) is 5.22. The monoisotopic (exact) mass is 422 g/mol. The van der Waals surface area contributed by atoms with Gasteiger partial charge in [0, 0.05) is 36.5 Å². The van der Waals surface area contributed by atoms with Crippen LogP contribution in [-0.4, -0.2) is 28.3 Å². The zero-order valence-electron chi connectivity index (χ0n) is 16.9. The molecular formula is C22H22N4O3S. The molecule has 7 nitrogen and oxygen atoms in total. The van der Waals surface area contributed by atoms with Crippen LogP contribution >= 0.6 is 11.3 Å². The van der Waals surface area contributed by atoms with Gasteiger partial charge < -0.3 is 9.32 Å². The van der Waals surface area contributed by atoms with E-state index in [4.69, 9.17) is 4.42 Å². The number of thiazole rings is 1. The number of nitrogens with zero attached hydrogens (tertiary/aromatic N) is 3. The quantitative estimate of drug-likeness (QED) is 0.660. The molecule has 1 N–H and O–H groups in total. The van der Waals surface area contributed by atoms with Crippen LogP contribution in [0.1, 0.15) is 47.0 Å². The van der Waals surface area contributed by atoms with E-state index in [-0.39, 0.29) is 17.6 Å². The number of carbonyl (C=O) groups excluding carboxylic acids is 2. The van der Waals surface area contributed by atoms with Crippen molar-refractivity contribution >= 4 is 34.0 Å². The van der Waals surface area contributed by atoms with E-state index >= 15 is 0 Å². The average Bonchev–Trinajstić information content (AvgIpc) is 3.31. The third-order valence-corrected chi connectivity index (χ3v) is 6.31. The first-order chi connectivity index (χ1) is 14.5. The Hall–Kier alpha value is -3.00. The highest BCUT2D eigenvalue weighted by atomic mass is 32.1. The van der Waals surface area contributed by atoms with Crippen LogP contribution in [0.25, 0.3) is 11.3 Å². The highest BCUT2D eigenvalue weighted by molar-refractivity contribution is 7.14. The Labute approximate surface area is 178 Å². The fourth-order valence-electron chi connectivity index (χ4n) is 3.84. The number of hydrogen-bond acceptors (Lipinski definition) is 6. The number of benzene rings is 1. The van der Waals surface area contributed by atoms with Crippen LogP contribution in [0.4, 0.5) is 10.8 Å². The van der Waals surface area contributed by atoms with Crippen molar-refractivity contribution in [3.05, 3.63) is 46.5 Å². The largest absolute Gasteiger partial charge is 0.436 e. The second-order valence-electron chi connectivity index (χ2n) is 7.93. The van der Waals surface area contributed by atoms with Crippen molar-refractivity contribution in [1.29, 1.82) is 0 Å². The Kier molecular flexibility index (Phi) is 4.66. The van der Waals surface area contributed by atoms with E-state index in [2.05, 4.69) is 21.4 Å². The summed E-state index contributed by atoms with van der Waals surface area (Å²) >= 11 is 1.37. The fourth-order valence-corrected chi connectivity index (χ4v) is 4.55. The lowest BCUT2D eigenvalue weighted by atomic mass is 9.97. The third kappa shape index (κ3) is 3.63. The number of fused-ring (bicyclic) bond motifs is 1. The molecule has 3 heterocycles. The van der Waals surface area contributed by atoms with Gasteiger partial charge in [-0.2, -0.15) is 0 Å². The average molecular weight is 423 g/mol. The standard InChI is InChI=1S/C22H22N4O3S/c1-12-20(29-13(2)23-12)21(28)25-22-24-17(11-30-22)15-5-7-18-16(9-15)6-8-19(27)26(18)10-14-3-4-14/h5,7,9,11,14H,3-4,6,8,10H2,1-2H3,(H,24,25,28). The SMILES string of the molecule is Cc1nc(C)c(C(=O)Nc2nc(-c3ccc4c(c3)CCC(=O)N4CC3CC3)cs2)o1. The Morgan fingerprint density at radius 2 is 2.10 bits per heavy atom. The maximum atomic E-state index is 12.4. The minimum Gasteiger partial charge on any atom is -0.436 e. The molecule has 1 aromatic carbocycles. The van der Waals surface area contributed by atoms with Crippen LogP contribution in [0.2, 0.25) is 0 Å². The number of carbonyl (C=O) groups is 2. The minimum absolute atomic E-state index is 0.207. The topological polar surface area (TPSA) is 88.3 Å². The Morgan fingerprint density at radius 3 is 2.83 bits per heavy atom. The van der Waals surface area contributed by atoms with Gasteiger partial charge in [-0.05, 0) is 49.8 Å². The maximum Gasteiger partial charge on any atom is 0.295 e. The van der Waals surface area contributed by atoms with Gasteiger partial charge >= 0.3 is 0 Å². The predicted molar refractivity (Wildman–Crippen MR) is 115 cm³/mol. The summed E-state index contributed by atoms with van der Waals surface area (Å²) in [7, 11) is 0. The third-order valence-electron chi connectivity index (χ3n) is 5.55. The van der Waals surface area contributed by atoms with E-state index in [1.807, 2.05) is 22.4 Å². The van der Waals surface area contributed by atoms with E-state index < -0.39 is 0 Å². The second kappa shape index (κ2) is 7.36. The molecule has 1 fully saturated rings. The molecule has 0 radical (unpaired) electrons. The van der Waals surface area contributed by atoms with Crippen LogP contribution in [0.3, 0.4) is 0 Å². The predicted octanol–water partition coefficient (Wildman–Crippen LogP) is 4.36. The first-order valence-electron chi connectivity index (χ1n) is 10.1. The van der Waals surface area contributed by atoms with Gasteiger partial charge in [0.25, 0.3) is 5.91 Å². The van der Waals surface area contributed by atoms with E-state index in [1.165, 1.54) is 29.7 Å². The van der Waals surface area contributed by atoms with Crippen LogP contribution in [0.15, 0.2) is 28.0 Å². The lowest BCUT2D eigenvalue weighted by Crippen LogP contribution is -2.36. The molecule has 8 heteroatoms. The van der Waals surface area contributed by atoms with E-state index in [0.717, 1.165) is 29.9 Å². The van der Waals surface area contributed by atoms with Crippen molar-refractivity contribution in [3.63, 3.8) is 0 Å². The van der Waals surface area contributed by atoms with Gasteiger partial charge in [-0.15, -0.1) is 11.3 Å². The highest BCUT2D eigenvalue weighted by Crippen LogP contribution is 2.37. The van der Waals surface area contributed by atoms with Crippen LogP contribution < -0.4 is 10.2 Å². The maximum absolute atomic E-state index is 12.4. The summed E-state index contributed by atoms with van der Waals surface area (Å²) in [5.41, 5.74) is 4.55. The first-order valence-corrected chi connectivity index (χ1v) is 11.0. The molecule has 0 spiro atoms. The number of amides is 2. The van der Waals surface area contributed by atoms with Crippen molar-refractivity contribution in [2.45, 2.75) is 39.5 Å². The molecule has 3 aromatic rings. The van der Waals surface area contributed by atoms with Crippen molar-refractivity contribution in [3.8, 4) is 11.3 Å². The molecule has 1 aliphatic heterocycles. The molecule has 0 unspecified atom stereocenters. The van der Waals surface area contributed by atoms with Crippen LogP contribution in [0.5, 0.6) is 0 Å². The molecule has 1 aliphatic carbocycles. The molecule has 0 bridgehead atoms. The van der Waals surface area contributed by atoms with Crippen LogP contribution in [-0.2, 0) is 11.2 Å². The molecule has 2 aromatic heterocycles. The van der Waals surface area contributed by atoms with Gasteiger partial charge in [0.1, 0.15) is 0 Å². The molecular weight excluding hydrogens is 400 g/mol. The van der Waals surface area contributed by atoms with Crippen molar-refractivity contribution < 1.29 is 14.0 Å². The van der Waals surface area contributed by atoms with Gasteiger partial charge in [-0.25, -0.2) is 9.97 Å². The Balaban J connectivity index is 1.35. The molecule has 154 valence electrons. The smallest absolute Gasteiger partial charge is 0.295 e. The number of aryl methyl sites for hydroxylation is 3. The van der Waals surface area contributed by atoms with E-state index in [9.17, 15) is 9.59 Å². The lowest BCUT2D eigenvalue weighted by Gasteiger charge is -2.29. The summed E-state index contributed by atoms with van der Waals surface area (Å²) in [5.74, 6) is 1.19. The first kappa shape index (κ1) is 19.0. The van der Waals surface area contributed by atoms with Crippen LogP contribution in [0, 0.1) is 19.8 Å². The molecule has 1 saturated carbocycles. The Bertz CT molecular complexity index is 1150. The minimum atomic E-state index is -0.353. The van der Waals surface area contributed by atoms with E-state index in [1.54, 1.807) is 13.8 Å². The highest BCUT2D eigenvalue weighted by Gasteiger charge is 2.31. The fraction of sp³-hybridized carbons (Fsp3) is 0.364. The van der Waals surface area contributed by atoms with Gasteiger partial charge in [-0.1, -0.05) is 6.07 Å². The van der Waals surface area contributed by atoms with Gasteiger partial charge in [0.15, 0.2) is 11.0 Å². The molecule has 2 aliphatic rings. The normalized spacial score (nSPS) is 15.9. The summed E-state index contributed by atoms with van der Waals surface area (Å²) in [4.78, 5) is 35.5. The van der Waals surface area contributed by atoms with Crippen molar-refractivity contribution in [1.82, 2.24) is 9.97 Å². The molecule has 0 atom stereocenters. The van der Waals surface area contributed by atoms with Crippen molar-refractivity contribution in [2.24, 2.45) is 5.92 Å². The zero-order chi connectivity index (χ0) is 20.8. The van der Waals surface area contributed by atoms with Gasteiger partial charge in [-0.3, -0.25) is 14.9 Å². The lowest BCUT2D eigenvalue weighted by molar-refractivity contribution is -0.118. The molecule has 0 saturated heterocycles. The molecule has 5 rings (SSSR count). The van der Waals surface area contributed by atoms with Gasteiger partial charge in [0.2, 0.25) is 11.7 Å². The molecule has 2 amide bonds. The second-order valence-corrected chi connectivity index (χ2v) is 8.79. The summed E-state index contributed by atoms with van der Waals surface area (Å²) in [6.07, 6.45) is 3.74. The number of anilines is 2. The molecule has 30 heavy (non-hydrogen) atoms. The summed E-state index contributed by atoms with van der Waals surface area (Å²) < 4.78 is 5.37. The number of aromatic nitrogens is 2. The zero-order valence-corrected chi connectivity index (χ0v) is 17.7. The van der Waals surface area contributed by atoms with Gasteiger partial charge in [0.05, 0.1) is 11.4 Å². The number of nitrogens with one attached hydrogen (secondary N) is 1. The number of oxazole rings is 1. The Morgan fingerprint density at radius 1 is 1.27 bits per heavy atom. The summed E-state index contributed by atoms with van der Waals surface area (Å²) in [6, 6.07) is 6.15. The number of rotatable bonds is 5. The van der Waals surface area contributed by atoms with Crippen molar-refractivity contribution in [2.75, 3.05) is 16.8 Å².